The van der Waals surface area contributed by atoms with Gasteiger partial charge in [-0.2, -0.15) is 0 Å². The Hall–Kier alpha value is -1.43. The smallest absolute Gasteiger partial charge is 0.207 e. The van der Waals surface area contributed by atoms with Crippen LogP contribution in [0.2, 0.25) is 0 Å². The third kappa shape index (κ3) is 5.69. The van der Waals surface area contributed by atoms with Gasteiger partial charge in [0, 0.05) is 33.1 Å². The summed E-state index contributed by atoms with van der Waals surface area (Å²) in [6.07, 6.45) is 0.920. The van der Waals surface area contributed by atoms with Gasteiger partial charge in [0.05, 0.1) is 0 Å². The Kier molecular flexibility index (Phi) is 7.87. The minimum absolute atomic E-state index is 0.167. The molecule has 5 nitrogen and oxygen atoms in total. The second-order valence-corrected chi connectivity index (χ2v) is 4.58. The molecule has 1 aliphatic rings. The summed E-state index contributed by atoms with van der Waals surface area (Å²) >= 11 is 0. The number of methoxy groups -OCH3 is 2. The second-order valence-electron chi connectivity index (χ2n) is 4.58. The number of aryl methyl sites for hydroxylation is 1. The fraction of sp³-hybridized carbons (Fsp3) is 0.533. The van der Waals surface area contributed by atoms with Gasteiger partial charge in [0.15, 0.2) is 12.6 Å². The topological polar surface area (TPSA) is 56.8 Å². The van der Waals surface area contributed by atoms with Gasteiger partial charge in [0.1, 0.15) is 0 Å². The summed E-state index contributed by atoms with van der Waals surface area (Å²) in [5.41, 5.74) is 1.32. The molecule has 0 spiro atoms. The van der Waals surface area contributed by atoms with Crippen molar-refractivity contribution < 1.29 is 19.0 Å². The molecule has 0 aliphatic carbocycles. The molecule has 3 unspecified atom stereocenters. The molecule has 20 heavy (non-hydrogen) atoms. The van der Waals surface area contributed by atoms with E-state index in [-0.39, 0.29) is 18.5 Å². The Morgan fingerprint density at radius 2 is 2.00 bits per heavy atom. The number of amides is 1. The Morgan fingerprint density at radius 1 is 1.30 bits per heavy atom. The lowest BCUT2D eigenvalue weighted by molar-refractivity contribution is -0.192. The molecule has 1 saturated heterocycles. The lowest BCUT2D eigenvalue weighted by Crippen LogP contribution is -2.28. The monoisotopic (exact) mass is 281 g/mol. The molecule has 0 bridgehead atoms. The van der Waals surface area contributed by atoms with E-state index in [9.17, 15) is 4.79 Å². The van der Waals surface area contributed by atoms with Crippen LogP contribution in [0, 0.1) is 12.8 Å². The summed E-state index contributed by atoms with van der Waals surface area (Å²) in [4.78, 5) is 10.1. The maximum absolute atomic E-state index is 10.1. The lowest BCUT2D eigenvalue weighted by Gasteiger charge is -2.15. The predicted molar refractivity (Wildman–Crippen MR) is 76.0 cm³/mol. The molecule has 1 N–H and O–H groups in total. The average molecular weight is 281 g/mol. The summed E-state index contributed by atoms with van der Waals surface area (Å²) in [6, 6.07) is 10.3. The van der Waals surface area contributed by atoms with Crippen molar-refractivity contribution in [3.05, 3.63) is 35.9 Å². The number of hydrogen-bond acceptors (Lipinski definition) is 4. The molecule has 0 aromatic heterocycles. The first kappa shape index (κ1) is 16.6. The van der Waals surface area contributed by atoms with Gasteiger partial charge < -0.3 is 19.5 Å². The quantitative estimate of drug-likeness (QED) is 0.835. The van der Waals surface area contributed by atoms with E-state index < -0.39 is 0 Å². The van der Waals surface area contributed by atoms with Crippen LogP contribution >= 0.6 is 0 Å². The zero-order valence-corrected chi connectivity index (χ0v) is 12.2. The number of carbonyl (C=O) groups is 1. The van der Waals surface area contributed by atoms with Gasteiger partial charge in [-0.1, -0.05) is 35.9 Å². The molecule has 3 atom stereocenters. The Labute approximate surface area is 120 Å². The van der Waals surface area contributed by atoms with E-state index in [1.54, 1.807) is 14.2 Å². The van der Waals surface area contributed by atoms with E-state index in [2.05, 4.69) is 24.4 Å². The average Bonchev–Trinajstić information content (AvgIpc) is 2.89. The van der Waals surface area contributed by atoms with Gasteiger partial charge in [-0.15, -0.1) is 0 Å². The van der Waals surface area contributed by atoms with E-state index in [1.807, 2.05) is 18.2 Å². The fourth-order valence-corrected chi connectivity index (χ4v) is 1.99. The molecule has 1 aromatic rings. The largest absolute Gasteiger partial charge is 0.358 e. The summed E-state index contributed by atoms with van der Waals surface area (Å²) in [6.45, 7) is 2.64. The van der Waals surface area contributed by atoms with Crippen LogP contribution in [-0.4, -0.2) is 39.8 Å². The van der Waals surface area contributed by atoms with E-state index in [1.165, 1.54) is 5.56 Å². The molecule has 1 heterocycles. The standard InChI is InChI=1S/C8H15NO4.C7H8/c1-11-7-3-6(4-9-5-10)8(12-2)13-7;1-7-5-3-2-4-6-7/h5-8H,3-4H2,1-2H3,(H,9,10);2-6H,1H3. The summed E-state index contributed by atoms with van der Waals surface area (Å²) < 4.78 is 15.5. The molecular formula is C15H23NO4. The second kappa shape index (κ2) is 9.47. The van der Waals surface area contributed by atoms with Gasteiger partial charge in [0.2, 0.25) is 6.41 Å². The maximum Gasteiger partial charge on any atom is 0.207 e. The van der Waals surface area contributed by atoms with Gasteiger partial charge in [0.25, 0.3) is 0 Å². The van der Waals surface area contributed by atoms with Crippen LogP contribution in [0.5, 0.6) is 0 Å². The van der Waals surface area contributed by atoms with Crippen LogP contribution in [0.3, 0.4) is 0 Å². The van der Waals surface area contributed by atoms with E-state index in [0.717, 1.165) is 6.42 Å². The highest BCUT2D eigenvalue weighted by Crippen LogP contribution is 2.26. The number of benzene rings is 1. The van der Waals surface area contributed by atoms with Gasteiger partial charge in [-0.25, -0.2) is 0 Å². The highest BCUT2D eigenvalue weighted by atomic mass is 16.8. The minimum Gasteiger partial charge on any atom is -0.358 e. The number of ether oxygens (including phenoxy) is 3. The lowest BCUT2D eigenvalue weighted by atomic mass is 10.1. The third-order valence-electron chi connectivity index (χ3n) is 3.07. The number of nitrogens with one attached hydrogen (secondary N) is 1. The molecule has 1 aliphatic heterocycles. The molecule has 2 rings (SSSR count). The van der Waals surface area contributed by atoms with Gasteiger partial charge >= 0.3 is 0 Å². The zero-order chi connectivity index (χ0) is 14.8. The summed E-state index contributed by atoms with van der Waals surface area (Å²) in [5, 5.41) is 2.60. The van der Waals surface area contributed by atoms with Crippen molar-refractivity contribution in [1.29, 1.82) is 0 Å². The Bertz CT molecular complexity index is 371. The molecule has 112 valence electrons. The Morgan fingerprint density at radius 3 is 2.45 bits per heavy atom. The molecule has 1 fully saturated rings. The molecule has 1 aromatic carbocycles. The normalized spacial score (nSPS) is 24.6. The van der Waals surface area contributed by atoms with Crippen LogP contribution in [0.1, 0.15) is 12.0 Å². The molecule has 5 heteroatoms. The zero-order valence-electron chi connectivity index (χ0n) is 12.2. The molecule has 0 saturated carbocycles. The SMILES string of the molecule is COC1CC(CNC=O)C(OC)O1.Cc1ccccc1. The van der Waals surface area contributed by atoms with Crippen molar-refractivity contribution in [2.45, 2.75) is 25.9 Å². The fourth-order valence-electron chi connectivity index (χ4n) is 1.99. The molecule has 1 amide bonds. The molecular weight excluding hydrogens is 258 g/mol. The first-order valence-electron chi connectivity index (χ1n) is 6.61. The number of rotatable bonds is 5. The van der Waals surface area contributed by atoms with Crippen LogP contribution in [0.4, 0.5) is 0 Å². The Balaban J connectivity index is 0.000000240. The maximum atomic E-state index is 10.1. The van der Waals surface area contributed by atoms with Crippen molar-refractivity contribution in [1.82, 2.24) is 5.32 Å². The first-order chi connectivity index (χ1) is 9.71. The van der Waals surface area contributed by atoms with Crippen molar-refractivity contribution >= 4 is 6.41 Å². The summed E-state index contributed by atoms with van der Waals surface area (Å²) in [5.74, 6) is 0.167. The predicted octanol–water partition coefficient (Wildman–Crippen LogP) is 1.71. The van der Waals surface area contributed by atoms with Gasteiger partial charge in [-0.05, 0) is 6.92 Å². The highest BCUT2D eigenvalue weighted by molar-refractivity contribution is 5.45. The van der Waals surface area contributed by atoms with E-state index in [0.29, 0.717) is 13.0 Å². The van der Waals surface area contributed by atoms with Crippen LogP contribution in [-0.2, 0) is 19.0 Å². The van der Waals surface area contributed by atoms with Crippen molar-refractivity contribution in [2.24, 2.45) is 5.92 Å². The van der Waals surface area contributed by atoms with Crippen molar-refractivity contribution in [2.75, 3.05) is 20.8 Å². The van der Waals surface area contributed by atoms with E-state index in [4.69, 9.17) is 14.2 Å². The van der Waals surface area contributed by atoms with Crippen LogP contribution in [0.25, 0.3) is 0 Å². The first-order valence-corrected chi connectivity index (χ1v) is 6.61. The van der Waals surface area contributed by atoms with Crippen LogP contribution < -0.4 is 5.32 Å². The van der Waals surface area contributed by atoms with Crippen molar-refractivity contribution in [3.8, 4) is 0 Å². The summed E-state index contributed by atoms with van der Waals surface area (Å²) in [7, 11) is 3.17. The van der Waals surface area contributed by atoms with Crippen molar-refractivity contribution in [3.63, 3.8) is 0 Å². The van der Waals surface area contributed by atoms with Gasteiger partial charge in [-0.3, -0.25) is 4.79 Å². The highest BCUT2D eigenvalue weighted by Gasteiger charge is 2.34. The van der Waals surface area contributed by atoms with E-state index >= 15 is 0 Å². The molecule has 0 radical (unpaired) electrons. The van der Waals surface area contributed by atoms with Crippen LogP contribution in [0.15, 0.2) is 30.3 Å². The number of carbonyl (C=O) groups excluding carboxylic acids is 1. The third-order valence-corrected chi connectivity index (χ3v) is 3.07. The minimum atomic E-state index is -0.280. The number of hydrogen-bond donors (Lipinski definition) is 1.